The van der Waals surface area contributed by atoms with Crippen LogP contribution in [0.3, 0.4) is 0 Å². The molecule has 36 heavy (non-hydrogen) atoms. The molecule has 0 bridgehead atoms. The number of rotatable bonds is 11. The van der Waals surface area contributed by atoms with E-state index >= 15 is 0 Å². The maximum atomic E-state index is 15.0. The minimum Gasteiger partial charge on any atom is -0.371 e. The molecule has 1 saturated heterocycles. The molecule has 202 valence electrons. The van der Waals surface area contributed by atoms with E-state index in [1.165, 1.54) is 45.1 Å². The van der Waals surface area contributed by atoms with Crippen LogP contribution in [0.1, 0.15) is 70.0 Å². The molecule has 0 aromatic heterocycles. The van der Waals surface area contributed by atoms with E-state index in [0.29, 0.717) is 31.1 Å². The van der Waals surface area contributed by atoms with Gasteiger partial charge in [0.15, 0.2) is 0 Å². The average molecular weight is 525 g/mol. The Morgan fingerprint density at radius 2 is 1.97 bits per heavy atom. The molecule has 3 rings (SSSR count). The lowest BCUT2D eigenvalue weighted by Crippen LogP contribution is -2.52. The third-order valence-corrected chi connectivity index (χ3v) is 7.65. The molecule has 1 aromatic rings. The third kappa shape index (κ3) is 8.60. The Hall–Kier alpha value is -1.90. The van der Waals surface area contributed by atoms with Gasteiger partial charge in [-0.15, -0.1) is 0 Å². The van der Waals surface area contributed by atoms with Crippen molar-refractivity contribution in [1.29, 1.82) is 0 Å². The van der Waals surface area contributed by atoms with Crippen molar-refractivity contribution in [3.05, 3.63) is 34.6 Å². The van der Waals surface area contributed by atoms with Gasteiger partial charge in [-0.1, -0.05) is 55.8 Å². The van der Waals surface area contributed by atoms with Crippen LogP contribution in [0.5, 0.6) is 0 Å². The van der Waals surface area contributed by atoms with Crippen LogP contribution in [0, 0.1) is 17.7 Å². The van der Waals surface area contributed by atoms with Crippen LogP contribution in [0.25, 0.3) is 0 Å². The topological polar surface area (TPSA) is 82.7 Å². The van der Waals surface area contributed by atoms with Gasteiger partial charge in [0.05, 0.1) is 17.7 Å². The number of nitrogens with zero attached hydrogens (tertiary/aromatic N) is 1. The van der Waals surface area contributed by atoms with E-state index in [0.717, 1.165) is 25.8 Å². The first kappa shape index (κ1) is 28.7. The molecule has 3 atom stereocenters. The normalized spacial score (nSPS) is 20.6. The van der Waals surface area contributed by atoms with E-state index < -0.39 is 11.9 Å². The Morgan fingerprint density at radius 3 is 2.69 bits per heavy atom. The summed E-state index contributed by atoms with van der Waals surface area (Å²) in [7, 11) is 1.92. The van der Waals surface area contributed by atoms with Crippen molar-refractivity contribution in [2.24, 2.45) is 11.8 Å². The van der Waals surface area contributed by atoms with Crippen molar-refractivity contribution in [3.8, 4) is 0 Å². The van der Waals surface area contributed by atoms with Crippen LogP contribution in [-0.2, 0) is 9.53 Å². The number of halogens is 2. The molecule has 1 heterocycles. The number of carbonyl (C=O) groups excluding carboxylic acids is 2. The van der Waals surface area contributed by atoms with Crippen molar-refractivity contribution in [3.63, 3.8) is 0 Å². The Morgan fingerprint density at radius 1 is 1.19 bits per heavy atom. The minimum absolute atomic E-state index is 0.0472. The molecule has 1 aliphatic heterocycles. The summed E-state index contributed by atoms with van der Waals surface area (Å²) in [4.78, 5) is 26.4. The zero-order valence-corrected chi connectivity index (χ0v) is 22.4. The molecule has 3 N–H and O–H groups in total. The first-order valence-corrected chi connectivity index (χ1v) is 13.8. The van der Waals surface area contributed by atoms with E-state index in [-0.39, 0.29) is 35.5 Å². The summed E-state index contributed by atoms with van der Waals surface area (Å²) in [5, 5.41) is 9.24. The number of urea groups is 1. The number of ether oxygens (including phenoxy) is 1. The number of likely N-dealkylation sites (N-methyl/N-ethyl adjacent to an activating group) is 1. The molecule has 0 radical (unpaired) electrons. The molecule has 7 nitrogen and oxygen atoms in total. The molecule has 1 aromatic carbocycles. The van der Waals surface area contributed by atoms with Crippen molar-refractivity contribution in [1.82, 2.24) is 20.9 Å². The van der Waals surface area contributed by atoms with Gasteiger partial charge in [-0.2, -0.15) is 0 Å². The number of amides is 3. The Labute approximate surface area is 219 Å². The number of carbonyl (C=O) groups is 2. The van der Waals surface area contributed by atoms with E-state index in [2.05, 4.69) is 16.0 Å². The summed E-state index contributed by atoms with van der Waals surface area (Å²) in [5.74, 6) is -0.0598. The molecule has 1 aliphatic carbocycles. The van der Waals surface area contributed by atoms with Crippen LogP contribution in [0.15, 0.2) is 18.2 Å². The Kier molecular flexibility index (Phi) is 11.7. The van der Waals surface area contributed by atoms with Gasteiger partial charge in [0, 0.05) is 50.6 Å². The number of nitrogens with one attached hydrogen (secondary N) is 3. The van der Waals surface area contributed by atoms with Crippen molar-refractivity contribution in [2.75, 3.05) is 39.8 Å². The monoisotopic (exact) mass is 524 g/mol. The van der Waals surface area contributed by atoms with E-state index in [1.54, 1.807) is 12.1 Å². The largest absolute Gasteiger partial charge is 0.371 e. The second-order valence-electron chi connectivity index (χ2n) is 10.2. The lowest BCUT2D eigenvalue weighted by Gasteiger charge is -2.38. The third-order valence-electron chi connectivity index (χ3n) is 7.36. The van der Waals surface area contributed by atoms with Gasteiger partial charge in [-0.3, -0.25) is 4.79 Å². The highest BCUT2D eigenvalue weighted by Crippen LogP contribution is 2.36. The summed E-state index contributed by atoms with van der Waals surface area (Å²) in [6, 6.07) is 4.94. The van der Waals surface area contributed by atoms with E-state index in [1.807, 2.05) is 11.9 Å². The predicted octanol–water partition coefficient (Wildman–Crippen LogP) is 4.65. The fourth-order valence-corrected chi connectivity index (χ4v) is 5.79. The van der Waals surface area contributed by atoms with Crippen LogP contribution in [0.4, 0.5) is 9.18 Å². The molecule has 0 spiro atoms. The predicted molar refractivity (Wildman–Crippen MR) is 141 cm³/mol. The fraction of sp³-hybridized carbons (Fsp3) is 0.704. The standard InChI is InChI=1S/C27H42ClFN4O3/c1-19(34)31-13-15-36-26(23-11-6-12-24(28)25(23)29)21-10-7-14-33(18-21)27(35)32-22(17-30-2)16-20-8-4-3-5-9-20/h6,11-12,20-22,26,30H,3-5,7-10,13-18H2,1-2H3,(H,31,34)(H,32,35). The molecule has 2 fully saturated rings. The molecular weight excluding hydrogens is 483 g/mol. The molecule has 3 unspecified atom stereocenters. The second kappa shape index (κ2) is 14.7. The van der Waals surface area contributed by atoms with E-state index in [4.69, 9.17) is 16.3 Å². The molecule has 1 saturated carbocycles. The summed E-state index contributed by atoms with van der Waals surface area (Å²) in [6.07, 6.45) is 8.40. The van der Waals surface area contributed by atoms with Gasteiger partial charge in [-0.25, -0.2) is 9.18 Å². The van der Waals surface area contributed by atoms with Gasteiger partial charge in [0.25, 0.3) is 0 Å². The van der Waals surface area contributed by atoms with Gasteiger partial charge in [-0.05, 0) is 38.3 Å². The molecule has 9 heteroatoms. The Balaban J connectivity index is 1.66. The summed E-state index contributed by atoms with van der Waals surface area (Å²) in [6.45, 7) is 3.89. The number of hydrogen-bond donors (Lipinski definition) is 3. The fourth-order valence-electron chi connectivity index (χ4n) is 5.61. The SMILES string of the molecule is CNCC(CC1CCCCC1)NC(=O)N1CCCC(C(OCCNC(C)=O)c2cccc(Cl)c2F)C1. The average Bonchev–Trinajstić information content (AvgIpc) is 2.87. The lowest BCUT2D eigenvalue weighted by molar-refractivity contribution is -0.119. The maximum Gasteiger partial charge on any atom is 0.317 e. The van der Waals surface area contributed by atoms with Crippen LogP contribution in [-0.4, -0.2) is 62.7 Å². The van der Waals surface area contributed by atoms with Gasteiger partial charge >= 0.3 is 6.03 Å². The first-order chi connectivity index (χ1) is 17.4. The lowest BCUT2D eigenvalue weighted by atomic mass is 9.85. The number of likely N-dealkylation sites (tertiary alicyclic amines) is 1. The second-order valence-corrected chi connectivity index (χ2v) is 10.6. The van der Waals surface area contributed by atoms with Crippen molar-refractivity contribution < 1.29 is 18.7 Å². The quantitative estimate of drug-likeness (QED) is 0.368. The minimum atomic E-state index is -0.566. The van der Waals surface area contributed by atoms with Crippen LogP contribution < -0.4 is 16.0 Å². The summed E-state index contributed by atoms with van der Waals surface area (Å²) >= 11 is 6.08. The van der Waals surface area contributed by atoms with Crippen LogP contribution >= 0.6 is 11.6 Å². The van der Waals surface area contributed by atoms with Crippen LogP contribution in [0.2, 0.25) is 5.02 Å². The zero-order valence-electron chi connectivity index (χ0n) is 21.7. The number of benzene rings is 1. The summed E-state index contributed by atoms with van der Waals surface area (Å²) in [5.41, 5.74) is 0.392. The maximum absolute atomic E-state index is 15.0. The Bertz CT molecular complexity index is 852. The highest BCUT2D eigenvalue weighted by molar-refractivity contribution is 6.30. The summed E-state index contributed by atoms with van der Waals surface area (Å²) < 4.78 is 21.1. The van der Waals surface area contributed by atoms with E-state index in [9.17, 15) is 14.0 Å². The molecule has 3 amide bonds. The highest BCUT2D eigenvalue weighted by atomic mass is 35.5. The van der Waals surface area contributed by atoms with Gasteiger partial charge < -0.3 is 25.6 Å². The number of hydrogen-bond acceptors (Lipinski definition) is 4. The smallest absolute Gasteiger partial charge is 0.317 e. The molecular formula is C27H42ClFN4O3. The van der Waals surface area contributed by atoms with Gasteiger partial charge in [0.1, 0.15) is 5.82 Å². The highest BCUT2D eigenvalue weighted by Gasteiger charge is 2.33. The van der Waals surface area contributed by atoms with Crippen molar-refractivity contribution in [2.45, 2.75) is 70.4 Å². The number of piperidine rings is 1. The van der Waals surface area contributed by atoms with Crippen molar-refractivity contribution >= 4 is 23.5 Å². The first-order valence-electron chi connectivity index (χ1n) is 13.4. The molecule has 2 aliphatic rings. The van der Waals surface area contributed by atoms with Gasteiger partial charge in [0.2, 0.25) is 5.91 Å². The zero-order chi connectivity index (χ0) is 25.9.